The third-order valence-corrected chi connectivity index (χ3v) is 5.69. The lowest BCUT2D eigenvalue weighted by molar-refractivity contribution is -0.159. The molecule has 0 saturated carbocycles. The Morgan fingerprint density at radius 1 is 0.935 bits per heavy atom. The number of carbonyl (C=O) groups is 2. The summed E-state index contributed by atoms with van der Waals surface area (Å²) in [6.45, 7) is 0.0277. The first-order chi connectivity index (χ1) is 15.0. The van der Waals surface area contributed by atoms with Crippen LogP contribution in [0.15, 0.2) is 72.8 Å². The van der Waals surface area contributed by atoms with Crippen LogP contribution in [0.25, 0.3) is 11.1 Å². The van der Waals surface area contributed by atoms with Crippen LogP contribution in [0.2, 0.25) is 0 Å². The quantitative estimate of drug-likeness (QED) is 0.450. The van der Waals surface area contributed by atoms with E-state index in [4.69, 9.17) is 10.5 Å². The van der Waals surface area contributed by atoms with Gasteiger partial charge in [0.05, 0.1) is 0 Å². The van der Waals surface area contributed by atoms with Crippen LogP contribution in [0.4, 0.5) is 4.39 Å². The van der Waals surface area contributed by atoms with Crippen molar-refractivity contribution >= 4 is 11.9 Å². The summed E-state index contributed by atoms with van der Waals surface area (Å²) in [6, 6.07) is 20.4. The molecule has 0 bridgehead atoms. The van der Waals surface area contributed by atoms with Crippen LogP contribution in [0.5, 0.6) is 0 Å². The van der Waals surface area contributed by atoms with Gasteiger partial charge in [-0.15, -0.1) is 0 Å². The first kappa shape index (κ1) is 20.8. The number of ether oxygens (including phenoxy) is 1. The highest BCUT2D eigenvalue weighted by Crippen LogP contribution is 2.44. The molecular weight excluding hydrogens is 397 g/mol. The number of nitrogens with two attached hydrogens (primary N) is 1. The van der Waals surface area contributed by atoms with Gasteiger partial charge >= 0.3 is 11.9 Å². The maximum absolute atomic E-state index is 13.1. The molecule has 1 aliphatic rings. The van der Waals surface area contributed by atoms with E-state index < -0.39 is 29.7 Å². The van der Waals surface area contributed by atoms with Gasteiger partial charge in [0.15, 0.2) is 5.92 Å². The van der Waals surface area contributed by atoms with Crippen molar-refractivity contribution in [3.8, 4) is 11.1 Å². The van der Waals surface area contributed by atoms with Gasteiger partial charge in [0.25, 0.3) is 0 Å². The van der Waals surface area contributed by atoms with Gasteiger partial charge in [-0.05, 0) is 46.4 Å². The van der Waals surface area contributed by atoms with Crippen LogP contribution in [-0.2, 0) is 20.7 Å². The lowest BCUT2D eigenvalue weighted by atomic mass is 9.94. The number of halogens is 1. The van der Waals surface area contributed by atoms with E-state index in [1.165, 1.54) is 24.3 Å². The van der Waals surface area contributed by atoms with Gasteiger partial charge in [0.1, 0.15) is 12.4 Å². The summed E-state index contributed by atoms with van der Waals surface area (Å²) in [4.78, 5) is 24.5. The second-order valence-corrected chi connectivity index (χ2v) is 7.67. The minimum Gasteiger partial charge on any atom is -0.481 e. The fourth-order valence-electron chi connectivity index (χ4n) is 4.16. The number of carbonyl (C=O) groups excluding carboxylic acids is 1. The molecule has 0 aromatic heterocycles. The maximum Gasteiger partial charge on any atom is 0.321 e. The molecular formula is C25H22FNO4. The second kappa shape index (κ2) is 8.70. The average molecular weight is 419 g/mol. The molecule has 2 unspecified atom stereocenters. The first-order valence-electron chi connectivity index (χ1n) is 10.0. The number of carboxylic acids is 1. The number of hydrogen-bond acceptors (Lipinski definition) is 4. The van der Waals surface area contributed by atoms with Crippen molar-refractivity contribution in [3.63, 3.8) is 0 Å². The van der Waals surface area contributed by atoms with E-state index in [-0.39, 0.29) is 18.9 Å². The number of hydrogen-bond donors (Lipinski definition) is 2. The zero-order valence-electron chi connectivity index (χ0n) is 16.7. The SMILES string of the molecule is NC(Cc1ccc(F)cc1)C(C(=O)O)C(=O)OCC1c2ccccc2-c2ccccc21. The third-order valence-electron chi connectivity index (χ3n) is 5.69. The van der Waals surface area contributed by atoms with E-state index in [0.717, 1.165) is 22.3 Å². The molecule has 0 radical (unpaired) electrons. The summed E-state index contributed by atoms with van der Waals surface area (Å²) >= 11 is 0. The summed E-state index contributed by atoms with van der Waals surface area (Å²) < 4.78 is 18.6. The van der Waals surface area contributed by atoms with Gasteiger partial charge < -0.3 is 15.6 Å². The lowest BCUT2D eigenvalue weighted by Crippen LogP contribution is -2.43. The molecule has 0 spiro atoms. The molecule has 3 aromatic rings. The van der Waals surface area contributed by atoms with Crippen molar-refractivity contribution in [3.05, 3.63) is 95.3 Å². The first-order valence-corrected chi connectivity index (χ1v) is 10.0. The van der Waals surface area contributed by atoms with Gasteiger partial charge in [-0.1, -0.05) is 60.7 Å². The highest BCUT2D eigenvalue weighted by molar-refractivity contribution is 5.95. The molecule has 3 aromatic carbocycles. The van der Waals surface area contributed by atoms with E-state index in [0.29, 0.717) is 5.56 Å². The van der Waals surface area contributed by atoms with Crippen molar-refractivity contribution in [1.29, 1.82) is 0 Å². The van der Waals surface area contributed by atoms with E-state index in [9.17, 15) is 19.1 Å². The maximum atomic E-state index is 13.1. The van der Waals surface area contributed by atoms with Crippen molar-refractivity contribution in [2.75, 3.05) is 6.61 Å². The zero-order chi connectivity index (χ0) is 22.0. The summed E-state index contributed by atoms with van der Waals surface area (Å²) in [7, 11) is 0. The average Bonchev–Trinajstić information content (AvgIpc) is 3.07. The normalized spacial score (nSPS) is 14.4. The van der Waals surface area contributed by atoms with Crippen molar-refractivity contribution in [2.45, 2.75) is 18.4 Å². The Bertz CT molecular complexity index is 1070. The highest BCUT2D eigenvalue weighted by Gasteiger charge is 2.36. The van der Waals surface area contributed by atoms with Gasteiger partial charge in [0.2, 0.25) is 0 Å². The predicted molar refractivity (Wildman–Crippen MR) is 114 cm³/mol. The molecule has 31 heavy (non-hydrogen) atoms. The Balaban J connectivity index is 1.49. The summed E-state index contributed by atoms with van der Waals surface area (Å²) in [5.74, 6) is -4.30. The van der Waals surface area contributed by atoms with E-state index in [1.54, 1.807) is 0 Å². The summed E-state index contributed by atoms with van der Waals surface area (Å²) in [6.07, 6.45) is 0.113. The molecule has 0 saturated heterocycles. The predicted octanol–water partition coefficient (Wildman–Crippen LogP) is 3.75. The number of rotatable bonds is 7. The van der Waals surface area contributed by atoms with E-state index >= 15 is 0 Å². The Kier molecular flexibility index (Phi) is 5.82. The van der Waals surface area contributed by atoms with Gasteiger partial charge in [0, 0.05) is 12.0 Å². The summed E-state index contributed by atoms with van der Waals surface area (Å²) in [5, 5.41) is 9.60. The van der Waals surface area contributed by atoms with Crippen LogP contribution in [0.3, 0.4) is 0 Å². The molecule has 0 amide bonds. The molecule has 2 atom stereocenters. The molecule has 0 heterocycles. The smallest absolute Gasteiger partial charge is 0.321 e. The van der Waals surface area contributed by atoms with Crippen LogP contribution in [-0.4, -0.2) is 29.7 Å². The van der Waals surface area contributed by atoms with E-state index in [1.807, 2.05) is 48.5 Å². The highest BCUT2D eigenvalue weighted by atomic mass is 19.1. The van der Waals surface area contributed by atoms with Crippen molar-refractivity contribution in [1.82, 2.24) is 0 Å². The second-order valence-electron chi connectivity index (χ2n) is 7.67. The molecule has 5 nitrogen and oxygen atoms in total. The van der Waals surface area contributed by atoms with Crippen molar-refractivity contribution in [2.24, 2.45) is 11.7 Å². The number of benzene rings is 3. The van der Waals surface area contributed by atoms with Gasteiger partial charge in [-0.25, -0.2) is 4.39 Å². The van der Waals surface area contributed by atoms with Crippen LogP contribution >= 0.6 is 0 Å². The van der Waals surface area contributed by atoms with Crippen LogP contribution in [0.1, 0.15) is 22.6 Å². The largest absolute Gasteiger partial charge is 0.481 e. The topological polar surface area (TPSA) is 89.6 Å². The Morgan fingerprint density at radius 3 is 2.03 bits per heavy atom. The monoisotopic (exact) mass is 419 g/mol. The Hall–Kier alpha value is -3.51. The molecule has 1 aliphatic carbocycles. The zero-order valence-corrected chi connectivity index (χ0v) is 16.7. The molecule has 0 aliphatic heterocycles. The minimum atomic E-state index is -1.52. The number of aliphatic carboxylic acids is 1. The third kappa shape index (κ3) is 4.20. The Morgan fingerprint density at radius 2 is 1.48 bits per heavy atom. The number of esters is 1. The molecule has 0 fully saturated rings. The summed E-state index contributed by atoms with van der Waals surface area (Å²) in [5.41, 5.74) is 10.9. The van der Waals surface area contributed by atoms with Gasteiger partial charge in [-0.2, -0.15) is 0 Å². The molecule has 3 N–H and O–H groups in total. The number of carboxylic acid groups (broad SMARTS) is 1. The van der Waals surface area contributed by atoms with Crippen LogP contribution in [0, 0.1) is 11.7 Å². The fourth-order valence-corrected chi connectivity index (χ4v) is 4.16. The lowest BCUT2D eigenvalue weighted by Gasteiger charge is -2.21. The van der Waals surface area contributed by atoms with Crippen LogP contribution < -0.4 is 5.73 Å². The number of fused-ring (bicyclic) bond motifs is 3. The molecule has 4 rings (SSSR count). The van der Waals surface area contributed by atoms with Gasteiger partial charge in [-0.3, -0.25) is 9.59 Å². The molecule has 6 heteroatoms. The van der Waals surface area contributed by atoms with Crippen molar-refractivity contribution < 1.29 is 23.8 Å². The van der Waals surface area contributed by atoms with E-state index in [2.05, 4.69) is 0 Å². The Labute approximate surface area is 179 Å². The fraction of sp³-hybridized carbons (Fsp3) is 0.200. The molecule has 158 valence electrons. The standard InChI is InChI=1S/C25H22FNO4/c26-16-11-9-15(10-12-16)13-22(27)23(24(28)29)25(30)31-14-21-19-7-3-1-5-17(19)18-6-2-4-8-20(18)21/h1-12,21-23H,13-14,27H2,(H,28,29). The minimum absolute atomic E-state index is 0.0277.